The van der Waals surface area contributed by atoms with Gasteiger partial charge in [0.1, 0.15) is 17.0 Å². The van der Waals surface area contributed by atoms with E-state index >= 15 is 0 Å². The highest BCUT2D eigenvalue weighted by molar-refractivity contribution is 7.92. The van der Waals surface area contributed by atoms with Gasteiger partial charge in [-0.25, -0.2) is 18.2 Å². The van der Waals surface area contributed by atoms with Crippen LogP contribution in [0.1, 0.15) is 31.9 Å². The Bertz CT molecular complexity index is 1600. The summed E-state index contributed by atoms with van der Waals surface area (Å²) in [6, 6.07) is 18.4. The Balaban J connectivity index is 1.37. The lowest BCUT2D eigenvalue weighted by molar-refractivity contribution is 0.0240. The maximum Gasteiger partial charge on any atom is 0.410 e. The van der Waals surface area contributed by atoms with E-state index in [1.165, 1.54) is 4.31 Å². The molecule has 3 heterocycles. The average molecular weight is 577 g/mol. The fourth-order valence-corrected chi connectivity index (χ4v) is 6.32. The van der Waals surface area contributed by atoms with Gasteiger partial charge in [0.25, 0.3) is 10.0 Å². The molecule has 41 heavy (non-hydrogen) atoms. The van der Waals surface area contributed by atoms with Crippen molar-refractivity contribution >= 4 is 38.6 Å². The Hall–Kier alpha value is -4.05. The van der Waals surface area contributed by atoms with Crippen molar-refractivity contribution in [3.8, 4) is 0 Å². The first-order valence-corrected chi connectivity index (χ1v) is 15.2. The predicted octanol–water partition coefficient (Wildman–Crippen LogP) is 5.63. The summed E-state index contributed by atoms with van der Waals surface area (Å²) < 4.78 is 40.5. The van der Waals surface area contributed by atoms with Gasteiger partial charge in [-0.1, -0.05) is 30.3 Å². The van der Waals surface area contributed by atoms with Crippen molar-refractivity contribution in [1.82, 2.24) is 9.88 Å². The van der Waals surface area contributed by atoms with Gasteiger partial charge in [-0.3, -0.25) is 4.31 Å². The minimum Gasteiger partial charge on any atom is -0.464 e. The van der Waals surface area contributed by atoms with Crippen molar-refractivity contribution < 1.29 is 22.4 Å². The lowest BCUT2D eigenvalue weighted by atomic mass is 10.1. The molecule has 0 radical (unpaired) electrons. The SMILES string of the molecule is Cc1coc2ccc(S(=O)(=O)N(CCc3ccccc3)c3ccc(N4CCN(C(=O)OC(C)(C)C)CC4)nc3)cc12. The second kappa shape index (κ2) is 11.4. The van der Waals surface area contributed by atoms with Crippen LogP contribution in [0.2, 0.25) is 0 Å². The van der Waals surface area contributed by atoms with Crippen LogP contribution in [0.15, 0.2) is 82.4 Å². The zero-order valence-corrected chi connectivity index (χ0v) is 24.7. The van der Waals surface area contributed by atoms with Gasteiger partial charge < -0.3 is 19.0 Å². The van der Waals surface area contributed by atoms with Crippen LogP contribution >= 0.6 is 0 Å². The first-order valence-electron chi connectivity index (χ1n) is 13.7. The molecule has 10 heteroatoms. The van der Waals surface area contributed by atoms with Gasteiger partial charge in [0.15, 0.2) is 0 Å². The van der Waals surface area contributed by atoms with E-state index in [1.807, 2.05) is 64.1 Å². The molecule has 5 rings (SSSR count). The number of benzene rings is 2. The Kier molecular flexibility index (Phi) is 7.95. The zero-order chi connectivity index (χ0) is 29.2. The van der Waals surface area contributed by atoms with Crippen molar-refractivity contribution in [3.05, 3.63) is 84.3 Å². The number of furan rings is 1. The van der Waals surface area contributed by atoms with Crippen molar-refractivity contribution in [3.63, 3.8) is 0 Å². The Morgan fingerprint density at radius 3 is 2.41 bits per heavy atom. The monoisotopic (exact) mass is 576 g/mol. The number of sulfonamides is 1. The molecule has 0 N–H and O–H groups in total. The van der Waals surface area contributed by atoms with Crippen LogP contribution in [0.5, 0.6) is 0 Å². The molecular weight excluding hydrogens is 540 g/mol. The number of carbonyl (C=O) groups is 1. The number of carbonyl (C=O) groups excluding carboxylic acids is 1. The van der Waals surface area contributed by atoms with Crippen LogP contribution < -0.4 is 9.21 Å². The number of nitrogens with zero attached hydrogens (tertiary/aromatic N) is 4. The third kappa shape index (κ3) is 6.48. The van der Waals surface area contributed by atoms with Crippen LogP contribution in [0.25, 0.3) is 11.0 Å². The summed E-state index contributed by atoms with van der Waals surface area (Å²) in [4.78, 5) is 21.1. The topological polar surface area (TPSA) is 96.2 Å². The highest BCUT2D eigenvalue weighted by atomic mass is 32.2. The largest absolute Gasteiger partial charge is 0.464 e. The second-order valence-corrected chi connectivity index (χ2v) is 13.1. The number of fused-ring (bicyclic) bond motifs is 1. The number of aryl methyl sites for hydroxylation is 1. The van der Waals surface area contributed by atoms with Crippen molar-refractivity contribution in [2.24, 2.45) is 0 Å². The number of anilines is 2. The fourth-order valence-electron chi connectivity index (χ4n) is 4.84. The summed E-state index contributed by atoms with van der Waals surface area (Å²) >= 11 is 0. The molecule has 0 saturated carbocycles. The van der Waals surface area contributed by atoms with Crippen molar-refractivity contribution in [1.29, 1.82) is 0 Å². The fraction of sp³-hybridized carbons (Fsp3) is 0.355. The van der Waals surface area contributed by atoms with E-state index in [9.17, 15) is 13.2 Å². The first-order chi connectivity index (χ1) is 19.5. The molecule has 1 amide bonds. The third-order valence-corrected chi connectivity index (χ3v) is 8.87. The van der Waals surface area contributed by atoms with Gasteiger partial charge in [0.2, 0.25) is 0 Å². The summed E-state index contributed by atoms with van der Waals surface area (Å²) in [5, 5.41) is 0.771. The van der Waals surface area contributed by atoms with E-state index in [0.717, 1.165) is 22.3 Å². The molecule has 0 unspecified atom stereocenters. The molecule has 9 nitrogen and oxygen atoms in total. The Morgan fingerprint density at radius 1 is 1.02 bits per heavy atom. The second-order valence-electron chi connectivity index (χ2n) is 11.2. The van der Waals surface area contributed by atoms with E-state index in [2.05, 4.69) is 9.88 Å². The molecule has 1 saturated heterocycles. The van der Waals surface area contributed by atoms with Crippen molar-refractivity contribution in [2.75, 3.05) is 41.9 Å². The van der Waals surface area contributed by atoms with E-state index < -0.39 is 15.6 Å². The minimum atomic E-state index is -3.90. The molecule has 216 valence electrons. The van der Waals surface area contributed by atoms with Crippen molar-refractivity contribution in [2.45, 2.75) is 44.6 Å². The number of hydrogen-bond donors (Lipinski definition) is 0. The quantitative estimate of drug-likeness (QED) is 0.281. The molecule has 1 aliphatic rings. The third-order valence-electron chi connectivity index (χ3n) is 7.05. The lowest BCUT2D eigenvalue weighted by Crippen LogP contribution is -2.50. The molecule has 1 aliphatic heterocycles. The van der Waals surface area contributed by atoms with Gasteiger partial charge in [-0.2, -0.15) is 0 Å². The molecule has 0 aliphatic carbocycles. The highest BCUT2D eigenvalue weighted by Gasteiger charge is 2.28. The average Bonchev–Trinajstić information content (AvgIpc) is 3.33. The number of piperazine rings is 1. The van der Waals surface area contributed by atoms with Gasteiger partial charge in [0, 0.05) is 38.1 Å². The normalized spacial score (nSPS) is 14.3. The summed E-state index contributed by atoms with van der Waals surface area (Å²) in [5.74, 6) is 0.730. The summed E-state index contributed by atoms with van der Waals surface area (Å²) in [5.41, 5.74) is 2.52. The van der Waals surface area contributed by atoms with Gasteiger partial charge in [-0.05, 0) is 75.6 Å². The molecule has 1 fully saturated rings. The maximum absolute atomic E-state index is 14.0. The molecule has 0 atom stereocenters. The standard InChI is InChI=1S/C31H36N4O5S/c1-23-22-39-28-12-11-26(20-27(23)28)41(37,38)35(15-14-24-8-6-5-7-9-24)25-10-13-29(32-21-25)33-16-18-34(19-17-33)30(36)40-31(2,3)4/h5-13,20-22H,14-19H2,1-4H3. The number of aromatic nitrogens is 1. The zero-order valence-electron chi connectivity index (χ0n) is 23.9. The van der Waals surface area contributed by atoms with Gasteiger partial charge in [0.05, 0.1) is 23.0 Å². The number of rotatable bonds is 7. The number of hydrogen-bond acceptors (Lipinski definition) is 7. The predicted molar refractivity (Wildman–Crippen MR) is 160 cm³/mol. The number of amides is 1. The minimum absolute atomic E-state index is 0.199. The molecular formula is C31H36N4O5S. The van der Waals surface area contributed by atoms with E-state index in [1.54, 1.807) is 41.6 Å². The maximum atomic E-state index is 14.0. The van der Waals surface area contributed by atoms with Crippen LogP contribution in [0.3, 0.4) is 0 Å². The van der Waals surface area contributed by atoms with Crippen LogP contribution in [0, 0.1) is 6.92 Å². The van der Waals surface area contributed by atoms with Gasteiger partial charge in [-0.15, -0.1) is 0 Å². The highest BCUT2D eigenvalue weighted by Crippen LogP contribution is 2.29. The van der Waals surface area contributed by atoms with E-state index in [0.29, 0.717) is 43.9 Å². The molecule has 2 aromatic carbocycles. The van der Waals surface area contributed by atoms with E-state index in [-0.39, 0.29) is 17.5 Å². The smallest absolute Gasteiger partial charge is 0.410 e. The van der Waals surface area contributed by atoms with E-state index in [4.69, 9.17) is 9.15 Å². The van der Waals surface area contributed by atoms with Crippen LogP contribution in [0.4, 0.5) is 16.3 Å². The Labute approximate surface area is 241 Å². The van der Waals surface area contributed by atoms with Crippen LogP contribution in [-0.2, 0) is 21.2 Å². The Morgan fingerprint density at radius 2 is 1.76 bits per heavy atom. The lowest BCUT2D eigenvalue weighted by Gasteiger charge is -2.36. The summed E-state index contributed by atoms with van der Waals surface area (Å²) in [7, 11) is -3.90. The molecule has 0 bridgehead atoms. The molecule has 4 aromatic rings. The summed E-state index contributed by atoms with van der Waals surface area (Å²) in [6.07, 6.45) is 3.47. The first kappa shape index (κ1) is 28.5. The van der Waals surface area contributed by atoms with Crippen LogP contribution in [-0.4, -0.2) is 62.7 Å². The summed E-state index contributed by atoms with van der Waals surface area (Å²) in [6.45, 7) is 9.96. The molecule has 2 aromatic heterocycles. The molecule has 0 spiro atoms. The number of pyridine rings is 1. The van der Waals surface area contributed by atoms with Gasteiger partial charge >= 0.3 is 6.09 Å². The number of ether oxygens (including phenoxy) is 1.